The summed E-state index contributed by atoms with van der Waals surface area (Å²) in [4.78, 5) is 11.5. The molecule has 0 fully saturated rings. The van der Waals surface area contributed by atoms with Gasteiger partial charge in [0.25, 0.3) is 0 Å². The molecule has 2 aromatic carbocycles. The highest BCUT2D eigenvalue weighted by Gasteiger charge is 2.23. The summed E-state index contributed by atoms with van der Waals surface area (Å²) in [6.07, 6.45) is 0.929. The summed E-state index contributed by atoms with van der Waals surface area (Å²) in [5.41, 5.74) is 4.06. The molecule has 0 saturated heterocycles. The molecule has 1 aliphatic heterocycles. The van der Waals surface area contributed by atoms with Crippen LogP contribution in [0.1, 0.15) is 27.5 Å². The number of nitrogens with one attached hydrogen (secondary N) is 1. The smallest absolute Gasteiger partial charge is 0.337 e. The fourth-order valence-corrected chi connectivity index (χ4v) is 2.75. The monoisotopic (exact) mass is 331 g/mol. The average Bonchev–Trinajstić information content (AvgIpc) is 2.90. The molecule has 0 bridgehead atoms. The molecule has 1 N–H and O–H groups in total. The van der Waals surface area contributed by atoms with Crippen molar-refractivity contribution in [3.05, 3.63) is 63.6 Å². The Labute approximate surface area is 126 Å². The van der Waals surface area contributed by atoms with Crippen molar-refractivity contribution >= 4 is 27.6 Å². The lowest BCUT2D eigenvalue weighted by molar-refractivity contribution is 0.0601. The van der Waals surface area contributed by atoms with E-state index >= 15 is 0 Å². The maximum atomic E-state index is 11.5. The van der Waals surface area contributed by atoms with E-state index in [1.54, 1.807) is 0 Å². The molecular weight excluding hydrogens is 318 g/mol. The minimum Gasteiger partial charge on any atom is -0.465 e. The summed E-state index contributed by atoms with van der Waals surface area (Å²) >= 11 is 3.44. The molecular formula is C16H14BrNO2. The van der Waals surface area contributed by atoms with Gasteiger partial charge in [-0.25, -0.2) is 4.79 Å². The maximum absolute atomic E-state index is 11.5. The summed E-state index contributed by atoms with van der Waals surface area (Å²) < 4.78 is 5.82. The van der Waals surface area contributed by atoms with Crippen molar-refractivity contribution in [1.82, 2.24) is 0 Å². The van der Waals surface area contributed by atoms with E-state index in [-0.39, 0.29) is 12.0 Å². The third-order valence-electron chi connectivity index (χ3n) is 3.56. The third-order valence-corrected chi connectivity index (χ3v) is 4.09. The molecule has 20 heavy (non-hydrogen) atoms. The van der Waals surface area contributed by atoms with Crippen LogP contribution >= 0.6 is 15.9 Å². The molecule has 1 unspecified atom stereocenters. The molecule has 1 atom stereocenters. The number of esters is 1. The maximum Gasteiger partial charge on any atom is 0.337 e. The molecule has 102 valence electrons. The molecule has 2 aromatic rings. The van der Waals surface area contributed by atoms with E-state index in [2.05, 4.69) is 33.4 Å². The summed E-state index contributed by atoms with van der Waals surface area (Å²) in [6.45, 7) is 0. The minimum absolute atomic E-state index is 0.256. The van der Waals surface area contributed by atoms with Gasteiger partial charge in [0.05, 0.1) is 18.7 Å². The van der Waals surface area contributed by atoms with Crippen molar-refractivity contribution < 1.29 is 9.53 Å². The summed E-state index contributed by atoms with van der Waals surface area (Å²) in [5, 5.41) is 3.47. The first-order valence-electron chi connectivity index (χ1n) is 6.40. The zero-order chi connectivity index (χ0) is 14.1. The highest BCUT2D eigenvalue weighted by Crippen LogP contribution is 2.35. The topological polar surface area (TPSA) is 38.3 Å². The number of benzene rings is 2. The molecule has 3 rings (SSSR count). The highest BCUT2D eigenvalue weighted by molar-refractivity contribution is 9.10. The van der Waals surface area contributed by atoms with Gasteiger partial charge in [-0.2, -0.15) is 0 Å². The van der Waals surface area contributed by atoms with E-state index in [4.69, 9.17) is 4.74 Å². The summed E-state index contributed by atoms with van der Waals surface area (Å²) in [7, 11) is 1.40. The van der Waals surface area contributed by atoms with Gasteiger partial charge in [-0.1, -0.05) is 34.1 Å². The number of hydrogen-bond acceptors (Lipinski definition) is 3. The van der Waals surface area contributed by atoms with Crippen molar-refractivity contribution in [2.75, 3.05) is 12.4 Å². The third kappa shape index (κ3) is 2.43. The second-order valence-electron chi connectivity index (χ2n) is 4.82. The second kappa shape index (κ2) is 5.29. The van der Waals surface area contributed by atoms with E-state index in [1.165, 1.54) is 18.2 Å². The number of hydrogen-bond donors (Lipinski definition) is 1. The standard InChI is InChI=1S/C16H14BrNO2/c1-20-16(19)12-3-2-11-8-14(18-15(11)9-12)10-4-6-13(17)7-5-10/h2-7,9,14,18H,8H2,1H3. The molecule has 0 spiro atoms. The molecule has 4 heteroatoms. The van der Waals surface area contributed by atoms with Crippen LogP contribution in [0.25, 0.3) is 0 Å². The average molecular weight is 332 g/mol. The number of methoxy groups -OCH3 is 1. The largest absolute Gasteiger partial charge is 0.465 e. The first-order chi connectivity index (χ1) is 9.67. The lowest BCUT2D eigenvalue weighted by Crippen LogP contribution is -2.05. The van der Waals surface area contributed by atoms with Gasteiger partial charge in [0.15, 0.2) is 0 Å². The van der Waals surface area contributed by atoms with Gasteiger partial charge in [-0.05, 0) is 41.8 Å². The van der Waals surface area contributed by atoms with Crippen LogP contribution in [0.3, 0.4) is 0 Å². The normalized spacial score (nSPS) is 16.4. The minimum atomic E-state index is -0.304. The van der Waals surface area contributed by atoms with Gasteiger partial charge in [-0.15, -0.1) is 0 Å². The van der Waals surface area contributed by atoms with Crippen LogP contribution in [-0.2, 0) is 11.2 Å². The highest BCUT2D eigenvalue weighted by atomic mass is 79.9. The fourth-order valence-electron chi connectivity index (χ4n) is 2.49. The van der Waals surface area contributed by atoms with Crippen LogP contribution in [0.5, 0.6) is 0 Å². The SMILES string of the molecule is COC(=O)c1ccc2c(c1)NC(c1ccc(Br)cc1)C2. The summed E-state index contributed by atoms with van der Waals surface area (Å²) in [5.74, 6) is -0.304. The molecule has 0 radical (unpaired) electrons. The van der Waals surface area contributed by atoms with E-state index < -0.39 is 0 Å². The number of anilines is 1. The van der Waals surface area contributed by atoms with E-state index in [9.17, 15) is 4.79 Å². The Balaban J connectivity index is 1.85. The van der Waals surface area contributed by atoms with Crippen LogP contribution in [0.2, 0.25) is 0 Å². The first-order valence-corrected chi connectivity index (χ1v) is 7.20. The fraction of sp³-hybridized carbons (Fsp3) is 0.188. The van der Waals surface area contributed by atoms with Crippen molar-refractivity contribution in [3.63, 3.8) is 0 Å². The summed E-state index contributed by atoms with van der Waals surface area (Å²) in [6, 6.07) is 14.2. The number of ether oxygens (including phenoxy) is 1. The van der Waals surface area contributed by atoms with E-state index in [1.807, 2.05) is 30.3 Å². The zero-order valence-corrected chi connectivity index (χ0v) is 12.6. The molecule has 3 nitrogen and oxygen atoms in total. The Hall–Kier alpha value is -1.81. The van der Waals surface area contributed by atoms with E-state index in [0.717, 1.165) is 16.6 Å². The van der Waals surface area contributed by atoms with Crippen LogP contribution in [0.15, 0.2) is 46.9 Å². The zero-order valence-electron chi connectivity index (χ0n) is 11.0. The van der Waals surface area contributed by atoms with Gasteiger partial charge >= 0.3 is 5.97 Å². The van der Waals surface area contributed by atoms with Crippen molar-refractivity contribution in [2.45, 2.75) is 12.5 Å². The van der Waals surface area contributed by atoms with Crippen LogP contribution < -0.4 is 5.32 Å². The van der Waals surface area contributed by atoms with Gasteiger partial charge < -0.3 is 10.1 Å². The Morgan fingerprint density at radius 3 is 2.70 bits per heavy atom. The predicted molar refractivity (Wildman–Crippen MR) is 82.0 cm³/mol. The van der Waals surface area contributed by atoms with Gasteiger partial charge in [0.2, 0.25) is 0 Å². The van der Waals surface area contributed by atoms with Crippen molar-refractivity contribution in [3.8, 4) is 0 Å². The van der Waals surface area contributed by atoms with Gasteiger partial charge in [-0.3, -0.25) is 0 Å². The van der Waals surface area contributed by atoms with Crippen molar-refractivity contribution in [2.24, 2.45) is 0 Å². The number of rotatable bonds is 2. The second-order valence-corrected chi connectivity index (χ2v) is 5.73. The predicted octanol–water partition coefficient (Wildman–Crippen LogP) is 3.95. The molecule has 0 aromatic heterocycles. The number of fused-ring (bicyclic) bond motifs is 1. The first kappa shape index (κ1) is 13.2. The number of carbonyl (C=O) groups is 1. The lowest BCUT2D eigenvalue weighted by Gasteiger charge is -2.11. The van der Waals surface area contributed by atoms with Gasteiger partial charge in [0.1, 0.15) is 0 Å². The Morgan fingerprint density at radius 1 is 1.25 bits per heavy atom. The molecule has 0 amide bonds. The molecule has 1 aliphatic rings. The van der Waals surface area contributed by atoms with Crippen LogP contribution in [0, 0.1) is 0 Å². The molecule has 0 saturated carbocycles. The number of halogens is 1. The molecule has 1 heterocycles. The van der Waals surface area contributed by atoms with Crippen molar-refractivity contribution in [1.29, 1.82) is 0 Å². The van der Waals surface area contributed by atoms with Crippen LogP contribution in [-0.4, -0.2) is 13.1 Å². The Kier molecular flexibility index (Phi) is 3.49. The lowest BCUT2D eigenvalue weighted by atomic mass is 10.0. The van der Waals surface area contributed by atoms with Crippen LogP contribution in [0.4, 0.5) is 5.69 Å². The Morgan fingerprint density at radius 2 is 2.00 bits per heavy atom. The molecule has 0 aliphatic carbocycles. The van der Waals surface area contributed by atoms with Gasteiger partial charge in [0, 0.05) is 10.2 Å². The van der Waals surface area contributed by atoms with E-state index in [0.29, 0.717) is 5.56 Å². The Bertz CT molecular complexity index is 652. The quantitative estimate of drug-likeness (QED) is 0.847. The number of carbonyl (C=O) groups excluding carboxylic acids is 1.